The van der Waals surface area contributed by atoms with Crippen molar-refractivity contribution in [2.24, 2.45) is 0 Å². The fraction of sp³-hybridized carbons (Fsp3) is 0.778. The minimum absolute atomic E-state index is 0.243. The van der Waals surface area contributed by atoms with Gasteiger partial charge >= 0.3 is 0 Å². The maximum Gasteiger partial charge on any atom is 0.0468 e. The third-order valence-corrected chi connectivity index (χ3v) is 2.11. The number of aliphatic hydroxyl groups is 1. The molecule has 0 saturated carbocycles. The summed E-state index contributed by atoms with van der Waals surface area (Å²) in [5.74, 6) is 0. The first kappa shape index (κ1) is 8.75. The third-order valence-electron chi connectivity index (χ3n) is 2.11. The zero-order valence-electron chi connectivity index (χ0n) is 7.05. The molecule has 0 amide bonds. The molecule has 0 atom stereocenters. The van der Waals surface area contributed by atoms with Crippen LogP contribution >= 0.6 is 0 Å². The molecule has 1 heterocycles. The van der Waals surface area contributed by atoms with Crippen LogP contribution in [0.4, 0.5) is 0 Å². The van der Waals surface area contributed by atoms with Crippen LogP contribution in [-0.4, -0.2) is 36.2 Å². The summed E-state index contributed by atoms with van der Waals surface area (Å²) in [7, 11) is 0. The van der Waals surface area contributed by atoms with Gasteiger partial charge in [-0.15, -0.1) is 0 Å². The van der Waals surface area contributed by atoms with Crippen molar-refractivity contribution in [2.45, 2.75) is 19.3 Å². The van der Waals surface area contributed by atoms with Crippen LogP contribution in [0.5, 0.6) is 0 Å². The van der Waals surface area contributed by atoms with Gasteiger partial charge in [-0.2, -0.15) is 0 Å². The second-order valence-corrected chi connectivity index (χ2v) is 3.21. The van der Waals surface area contributed by atoms with Crippen molar-refractivity contribution in [1.29, 1.82) is 0 Å². The first-order chi connectivity index (χ1) is 5.33. The van der Waals surface area contributed by atoms with Gasteiger partial charge in [-0.1, -0.05) is 12.2 Å². The average Bonchev–Trinajstić information content (AvgIpc) is 2.40. The predicted octanol–water partition coefficient (Wildman–Crippen LogP) is 1.02. The first-order valence-electron chi connectivity index (χ1n) is 4.33. The van der Waals surface area contributed by atoms with E-state index in [4.69, 9.17) is 5.11 Å². The Kier molecular flexibility index (Phi) is 3.60. The lowest BCUT2D eigenvalue weighted by molar-refractivity contribution is 0.290. The van der Waals surface area contributed by atoms with E-state index in [-0.39, 0.29) is 6.61 Å². The lowest BCUT2D eigenvalue weighted by atomic mass is 10.2. The Morgan fingerprint density at radius 3 is 2.55 bits per heavy atom. The highest BCUT2D eigenvalue weighted by atomic mass is 16.2. The molecule has 1 rings (SSSR count). The molecule has 0 aromatic heterocycles. The summed E-state index contributed by atoms with van der Waals surface area (Å²) < 4.78 is 0. The van der Waals surface area contributed by atoms with Crippen molar-refractivity contribution >= 4 is 0 Å². The van der Waals surface area contributed by atoms with E-state index in [1.54, 1.807) is 0 Å². The number of aliphatic hydroxyl groups excluding tert-OH is 1. The molecule has 2 heteroatoms. The van der Waals surface area contributed by atoms with Gasteiger partial charge in [0.15, 0.2) is 0 Å². The van der Waals surface area contributed by atoms with Crippen molar-refractivity contribution in [3.8, 4) is 0 Å². The number of rotatable bonds is 4. The number of nitrogens with zero attached hydrogens (tertiary/aromatic N) is 1. The van der Waals surface area contributed by atoms with E-state index in [9.17, 15) is 0 Å². The van der Waals surface area contributed by atoms with Crippen LogP contribution in [0, 0.1) is 0 Å². The maximum absolute atomic E-state index is 8.63. The molecule has 0 unspecified atom stereocenters. The first-order valence-corrected chi connectivity index (χ1v) is 4.33. The van der Waals surface area contributed by atoms with Gasteiger partial charge in [0.2, 0.25) is 0 Å². The molecule has 11 heavy (non-hydrogen) atoms. The molecule has 1 aliphatic heterocycles. The third kappa shape index (κ3) is 3.04. The van der Waals surface area contributed by atoms with E-state index < -0.39 is 0 Å². The van der Waals surface area contributed by atoms with E-state index in [2.05, 4.69) is 11.5 Å². The summed E-state index contributed by atoms with van der Waals surface area (Å²) in [5, 5.41) is 8.63. The minimum Gasteiger partial charge on any atom is -0.396 e. The molecule has 0 spiro atoms. The van der Waals surface area contributed by atoms with Crippen LogP contribution in [0.2, 0.25) is 0 Å². The second kappa shape index (κ2) is 4.52. The molecule has 0 aromatic rings. The molecule has 0 aliphatic carbocycles. The molecule has 1 saturated heterocycles. The lowest BCUT2D eigenvalue weighted by Gasteiger charge is -2.15. The fourth-order valence-electron chi connectivity index (χ4n) is 1.49. The topological polar surface area (TPSA) is 23.5 Å². The van der Waals surface area contributed by atoms with Gasteiger partial charge in [0, 0.05) is 13.2 Å². The van der Waals surface area contributed by atoms with Gasteiger partial charge in [-0.3, -0.25) is 4.90 Å². The number of hydrogen-bond acceptors (Lipinski definition) is 2. The molecule has 1 N–H and O–H groups in total. The summed E-state index contributed by atoms with van der Waals surface area (Å²) in [6, 6.07) is 0. The van der Waals surface area contributed by atoms with E-state index in [1.807, 2.05) is 0 Å². The molecule has 0 bridgehead atoms. The monoisotopic (exact) mass is 155 g/mol. The van der Waals surface area contributed by atoms with Gasteiger partial charge in [0.25, 0.3) is 0 Å². The predicted molar refractivity (Wildman–Crippen MR) is 46.5 cm³/mol. The van der Waals surface area contributed by atoms with Gasteiger partial charge in [-0.05, 0) is 32.4 Å². The van der Waals surface area contributed by atoms with Gasteiger partial charge in [-0.25, -0.2) is 0 Å². The summed E-state index contributed by atoms with van der Waals surface area (Å²) in [6.45, 7) is 7.56. The normalized spacial score (nSPS) is 19.0. The quantitative estimate of drug-likeness (QED) is 0.613. The summed E-state index contributed by atoms with van der Waals surface area (Å²) in [6.07, 6.45) is 3.41. The Labute approximate surface area is 68.5 Å². The molecular formula is C9H17NO. The number of hydrogen-bond donors (Lipinski definition) is 1. The Morgan fingerprint density at radius 2 is 2.00 bits per heavy atom. The largest absolute Gasteiger partial charge is 0.396 e. The van der Waals surface area contributed by atoms with Crippen molar-refractivity contribution in [3.05, 3.63) is 12.2 Å². The SMILES string of the molecule is C=C(CCO)CN1CCCC1. The highest BCUT2D eigenvalue weighted by Gasteiger charge is 2.11. The Balaban J connectivity index is 2.13. The summed E-state index contributed by atoms with van der Waals surface area (Å²) >= 11 is 0. The molecule has 1 fully saturated rings. The molecular weight excluding hydrogens is 138 g/mol. The van der Waals surface area contributed by atoms with Crippen LogP contribution in [0.25, 0.3) is 0 Å². The number of likely N-dealkylation sites (tertiary alicyclic amines) is 1. The highest BCUT2D eigenvalue weighted by molar-refractivity contribution is 4.97. The molecule has 1 aliphatic rings. The van der Waals surface area contributed by atoms with Crippen LogP contribution in [0.1, 0.15) is 19.3 Å². The molecule has 2 nitrogen and oxygen atoms in total. The van der Waals surface area contributed by atoms with Gasteiger partial charge in [0.1, 0.15) is 0 Å². The Bertz CT molecular complexity index is 128. The van der Waals surface area contributed by atoms with Crippen molar-refractivity contribution in [2.75, 3.05) is 26.2 Å². The van der Waals surface area contributed by atoms with Crippen LogP contribution in [0.3, 0.4) is 0 Å². The van der Waals surface area contributed by atoms with Crippen molar-refractivity contribution in [3.63, 3.8) is 0 Å². The van der Waals surface area contributed by atoms with Crippen molar-refractivity contribution < 1.29 is 5.11 Å². The zero-order chi connectivity index (χ0) is 8.10. The summed E-state index contributed by atoms with van der Waals surface area (Å²) in [5.41, 5.74) is 1.16. The Hall–Kier alpha value is -0.340. The summed E-state index contributed by atoms with van der Waals surface area (Å²) in [4.78, 5) is 2.40. The molecule has 0 radical (unpaired) electrons. The second-order valence-electron chi connectivity index (χ2n) is 3.21. The Morgan fingerprint density at radius 1 is 1.36 bits per heavy atom. The van der Waals surface area contributed by atoms with Crippen LogP contribution in [0.15, 0.2) is 12.2 Å². The standard InChI is InChI=1S/C9H17NO/c1-9(4-7-11)8-10-5-2-3-6-10/h11H,1-8H2. The highest BCUT2D eigenvalue weighted by Crippen LogP contribution is 2.10. The fourth-order valence-corrected chi connectivity index (χ4v) is 1.49. The average molecular weight is 155 g/mol. The van der Waals surface area contributed by atoms with E-state index >= 15 is 0 Å². The lowest BCUT2D eigenvalue weighted by Crippen LogP contribution is -2.21. The molecule has 64 valence electrons. The minimum atomic E-state index is 0.243. The van der Waals surface area contributed by atoms with Gasteiger partial charge in [0.05, 0.1) is 0 Å². The molecule has 0 aromatic carbocycles. The van der Waals surface area contributed by atoms with Gasteiger partial charge < -0.3 is 5.11 Å². The smallest absolute Gasteiger partial charge is 0.0468 e. The van der Waals surface area contributed by atoms with Crippen LogP contribution < -0.4 is 0 Å². The van der Waals surface area contributed by atoms with E-state index in [1.165, 1.54) is 25.9 Å². The maximum atomic E-state index is 8.63. The van der Waals surface area contributed by atoms with Crippen LogP contribution in [-0.2, 0) is 0 Å². The van der Waals surface area contributed by atoms with E-state index in [0.717, 1.165) is 18.5 Å². The van der Waals surface area contributed by atoms with E-state index in [0.29, 0.717) is 0 Å². The zero-order valence-corrected chi connectivity index (χ0v) is 7.05. The van der Waals surface area contributed by atoms with Crippen molar-refractivity contribution in [1.82, 2.24) is 4.90 Å².